The van der Waals surface area contributed by atoms with E-state index in [1.54, 1.807) is 0 Å². The summed E-state index contributed by atoms with van der Waals surface area (Å²) >= 11 is 0. The van der Waals surface area contributed by atoms with Gasteiger partial charge in [-0.05, 0) is 74.7 Å². The number of rotatable bonds is 3. The highest BCUT2D eigenvalue weighted by Gasteiger charge is 2.59. The molecule has 0 radical (unpaired) electrons. The number of amides is 1. The number of halogens is 2. The van der Waals surface area contributed by atoms with E-state index in [2.05, 4.69) is 10.2 Å². The molecular formula is C19H26ClFN2O. The van der Waals surface area contributed by atoms with Gasteiger partial charge in [-0.3, -0.25) is 4.79 Å². The first-order valence-corrected chi connectivity index (χ1v) is 8.94. The summed E-state index contributed by atoms with van der Waals surface area (Å²) in [6, 6.07) is 7.03. The van der Waals surface area contributed by atoms with Crippen molar-refractivity contribution in [2.45, 2.75) is 44.6 Å². The van der Waals surface area contributed by atoms with E-state index in [-0.39, 0.29) is 24.1 Å². The Labute approximate surface area is 149 Å². The highest BCUT2D eigenvalue weighted by Crippen LogP contribution is 2.59. The molecule has 1 spiro atoms. The molecule has 0 aromatic heterocycles. The second-order valence-electron chi connectivity index (χ2n) is 7.53. The van der Waals surface area contributed by atoms with Crippen LogP contribution in [0.15, 0.2) is 24.3 Å². The summed E-state index contributed by atoms with van der Waals surface area (Å²) in [5, 5.41) is 3.40. The molecule has 1 aromatic rings. The largest absolute Gasteiger partial charge is 0.339 e. The molecule has 24 heavy (non-hydrogen) atoms. The topological polar surface area (TPSA) is 32.3 Å². The number of likely N-dealkylation sites (tertiary alicyclic amines) is 1. The first kappa shape index (κ1) is 17.7. The summed E-state index contributed by atoms with van der Waals surface area (Å²) in [5.74, 6) is 0.453. The van der Waals surface area contributed by atoms with Gasteiger partial charge in [-0.25, -0.2) is 4.39 Å². The average Bonchev–Trinajstić information content (AvgIpc) is 3.04. The van der Waals surface area contributed by atoms with Crippen molar-refractivity contribution in [2.24, 2.45) is 11.3 Å². The minimum absolute atomic E-state index is 0. The predicted octanol–water partition coefficient (Wildman–Crippen LogP) is 3.17. The van der Waals surface area contributed by atoms with Crippen LogP contribution in [0, 0.1) is 17.2 Å². The maximum atomic E-state index is 13.1. The van der Waals surface area contributed by atoms with E-state index in [0.717, 1.165) is 63.7 Å². The van der Waals surface area contributed by atoms with Gasteiger partial charge in [-0.1, -0.05) is 12.1 Å². The van der Waals surface area contributed by atoms with Crippen LogP contribution in [0.5, 0.6) is 0 Å². The van der Waals surface area contributed by atoms with Crippen LogP contribution in [-0.4, -0.2) is 36.5 Å². The lowest BCUT2D eigenvalue weighted by Crippen LogP contribution is -2.40. The van der Waals surface area contributed by atoms with Gasteiger partial charge in [-0.15, -0.1) is 12.4 Å². The minimum atomic E-state index is -0.195. The fraction of sp³-hybridized carbons (Fsp3) is 0.632. The zero-order valence-electron chi connectivity index (χ0n) is 14.0. The monoisotopic (exact) mass is 352 g/mol. The molecule has 2 aliphatic heterocycles. The summed E-state index contributed by atoms with van der Waals surface area (Å²) in [6.07, 6.45) is 6.42. The van der Waals surface area contributed by atoms with Crippen molar-refractivity contribution in [3.63, 3.8) is 0 Å². The van der Waals surface area contributed by atoms with Crippen molar-refractivity contribution in [3.05, 3.63) is 35.6 Å². The lowest BCUT2D eigenvalue weighted by atomic mass is 9.91. The van der Waals surface area contributed by atoms with Crippen molar-refractivity contribution in [2.75, 3.05) is 19.6 Å². The fourth-order valence-electron chi connectivity index (χ4n) is 4.60. The van der Waals surface area contributed by atoms with Crippen LogP contribution in [0.3, 0.4) is 0 Å². The summed E-state index contributed by atoms with van der Waals surface area (Å²) < 4.78 is 13.1. The zero-order valence-corrected chi connectivity index (χ0v) is 14.8. The lowest BCUT2D eigenvalue weighted by Gasteiger charge is -2.28. The van der Waals surface area contributed by atoms with Gasteiger partial charge >= 0.3 is 0 Å². The first-order chi connectivity index (χ1) is 11.2. The van der Waals surface area contributed by atoms with Gasteiger partial charge in [0.15, 0.2) is 0 Å². The van der Waals surface area contributed by atoms with Crippen molar-refractivity contribution in [1.82, 2.24) is 10.2 Å². The summed E-state index contributed by atoms with van der Waals surface area (Å²) in [5.41, 5.74) is 1.44. The Balaban J connectivity index is 0.00000169. The van der Waals surface area contributed by atoms with Crippen molar-refractivity contribution < 1.29 is 9.18 Å². The molecule has 2 heterocycles. The third kappa shape index (κ3) is 3.31. The molecule has 3 aliphatic rings. The Bertz CT molecular complexity index is 586. The van der Waals surface area contributed by atoms with E-state index in [4.69, 9.17) is 0 Å². The average molecular weight is 353 g/mol. The summed E-state index contributed by atoms with van der Waals surface area (Å²) in [4.78, 5) is 15.1. The van der Waals surface area contributed by atoms with Crippen LogP contribution in [0.25, 0.3) is 0 Å². The second kappa shape index (κ2) is 7.01. The molecule has 1 saturated carbocycles. The number of hydrogen-bond acceptors (Lipinski definition) is 2. The lowest BCUT2D eigenvalue weighted by molar-refractivity contribution is -0.134. The van der Waals surface area contributed by atoms with E-state index in [1.807, 2.05) is 12.1 Å². The Morgan fingerprint density at radius 2 is 1.96 bits per heavy atom. The van der Waals surface area contributed by atoms with E-state index >= 15 is 0 Å². The molecule has 1 N–H and O–H groups in total. The molecule has 4 rings (SSSR count). The van der Waals surface area contributed by atoms with Crippen LogP contribution >= 0.6 is 12.4 Å². The van der Waals surface area contributed by atoms with Crippen LogP contribution in [0.1, 0.15) is 37.7 Å². The number of hydrogen-bond donors (Lipinski definition) is 1. The number of nitrogens with zero attached hydrogens (tertiary/aromatic N) is 1. The van der Waals surface area contributed by atoms with Crippen molar-refractivity contribution in [1.29, 1.82) is 0 Å². The Kier molecular flexibility index (Phi) is 5.16. The normalized spacial score (nSPS) is 27.8. The number of carbonyl (C=O) groups excluding carboxylic acids is 1. The van der Waals surface area contributed by atoms with Crippen molar-refractivity contribution >= 4 is 18.3 Å². The molecule has 2 saturated heterocycles. The number of nitrogens with one attached hydrogen (secondary N) is 1. The van der Waals surface area contributed by atoms with Gasteiger partial charge in [-0.2, -0.15) is 0 Å². The number of piperidine rings is 1. The standard InChI is InChI=1S/C19H25FN2O.ClH/c20-15-5-3-14(4-6-15)12-16-2-1-11-22(16)18(23)17-13-19(17)7-9-21-10-8-19;/h3-6,16-17,21H,1-2,7-13H2;1H. The molecule has 2 atom stereocenters. The molecule has 2 unspecified atom stereocenters. The molecule has 3 fully saturated rings. The fourth-order valence-corrected chi connectivity index (χ4v) is 4.60. The van der Waals surface area contributed by atoms with Crippen molar-refractivity contribution in [3.8, 4) is 0 Å². The molecular weight excluding hydrogens is 327 g/mol. The van der Waals surface area contributed by atoms with Crippen LogP contribution in [0.2, 0.25) is 0 Å². The molecule has 0 bridgehead atoms. The predicted molar refractivity (Wildman–Crippen MR) is 94.7 cm³/mol. The zero-order chi connectivity index (χ0) is 15.9. The van der Waals surface area contributed by atoms with Gasteiger partial charge in [0.25, 0.3) is 0 Å². The van der Waals surface area contributed by atoms with Crippen LogP contribution < -0.4 is 5.32 Å². The van der Waals surface area contributed by atoms with Gasteiger partial charge in [0.2, 0.25) is 5.91 Å². The highest BCUT2D eigenvalue weighted by atomic mass is 35.5. The molecule has 5 heteroatoms. The van der Waals surface area contributed by atoms with Gasteiger partial charge in [0, 0.05) is 18.5 Å². The Morgan fingerprint density at radius 3 is 2.67 bits per heavy atom. The van der Waals surface area contributed by atoms with E-state index in [9.17, 15) is 9.18 Å². The second-order valence-corrected chi connectivity index (χ2v) is 7.53. The SMILES string of the molecule is Cl.O=C(C1CC12CCNCC2)N1CCCC1Cc1ccc(F)cc1. The summed E-state index contributed by atoms with van der Waals surface area (Å²) in [6.45, 7) is 3.01. The van der Waals surface area contributed by atoms with Crippen LogP contribution in [-0.2, 0) is 11.2 Å². The molecule has 1 amide bonds. The smallest absolute Gasteiger partial charge is 0.226 e. The van der Waals surface area contributed by atoms with E-state index in [1.165, 1.54) is 12.1 Å². The van der Waals surface area contributed by atoms with Gasteiger partial charge < -0.3 is 10.2 Å². The molecule has 1 aliphatic carbocycles. The highest BCUT2D eigenvalue weighted by molar-refractivity contribution is 5.85. The third-order valence-electron chi connectivity index (χ3n) is 6.13. The van der Waals surface area contributed by atoms with Crippen LogP contribution in [0.4, 0.5) is 4.39 Å². The van der Waals surface area contributed by atoms with E-state index < -0.39 is 0 Å². The van der Waals surface area contributed by atoms with Gasteiger partial charge in [0.1, 0.15) is 5.82 Å². The maximum absolute atomic E-state index is 13.1. The summed E-state index contributed by atoms with van der Waals surface area (Å²) in [7, 11) is 0. The minimum Gasteiger partial charge on any atom is -0.339 e. The number of carbonyl (C=O) groups is 1. The maximum Gasteiger partial charge on any atom is 0.226 e. The third-order valence-corrected chi connectivity index (χ3v) is 6.13. The molecule has 3 nitrogen and oxygen atoms in total. The number of benzene rings is 1. The Hall–Kier alpha value is -1.13. The Morgan fingerprint density at radius 1 is 1.25 bits per heavy atom. The van der Waals surface area contributed by atoms with E-state index in [0.29, 0.717) is 17.4 Å². The first-order valence-electron chi connectivity index (χ1n) is 8.94. The molecule has 132 valence electrons. The quantitative estimate of drug-likeness (QED) is 0.906. The molecule has 1 aromatic carbocycles. The van der Waals surface area contributed by atoms with Gasteiger partial charge in [0.05, 0.1) is 0 Å².